The van der Waals surface area contributed by atoms with Gasteiger partial charge in [0, 0.05) is 6.61 Å². The molecule has 0 bridgehead atoms. The summed E-state index contributed by atoms with van der Waals surface area (Å²) in [6.07, 6.45) is 34.8. The standard InChI is InChI=1S/C25H42O/c1-3-5-6-7-8-9-10-11-12-13-14-15-16-17-18-19-20-21-23-25(24-26)22-4-2/h5-6,8-9,11-12,14-15,17-18,25-26H,3-4,7,10,13,16,19-24H2,1-2H3/b6-5-,9-8-,12-11-,15-14-,18-17-. The minimum atomic E-state index is 0.357. The first-order chi connectivity index (χ1) is 12.8. The van der Waals surface area contributed by atoms with Crippen molar-refractivity contribution < 1.29 is 5.11 Å². The maximum Gasteiger partial charge on any atom is 0.0459 e. The summed E-state index contributed by atoms with van der Waals surface area (Å²) in [7, 11) is 0. The molecule has 0 aliphatic heterocycles. The lowest BCUT2D eigenvalue weighted by Gasteiger charge is -2.11. The minimum absolute atomic E-state index is 0.357. The quantitative estimate of drug-likeness (QED) is 0.208. The van der Waals surface area contributed by atoms with Crippen LogP contribution in [0.3, 0.4) is 0 Å². The molecule has 1 atom stereocenters. The van der Waals surface area contributed by atoms with E-state index in [0.29, 0.717) is 12.5 Å². The van der Waals surface area contributed by atoms with Crippen LogP contribution in [0.5, 0.6) is 0 Å². The molecule has 1 N–H and O–H groups in total. The zero-order valence-corrected chi connectivity index (χ0v) is 17.3. The van der Waals surface area contributed by atoms with Crippen LogP contribution < -0.4 is 0 Å². The molecule has 0 aromatic heterocycles. The Morgan fingerprint density at radius 2 is 1.12 bits per heavy atom. The predicted octanol–water partition coefficient (Wildman–Crippen LogP) is 7.71. The summed E-state index contributed by atoms with van der Waals surface area (Å²) in [4.78, 5) is 0. The highest BCUT2D eigenvalue weighted by Gasteiger charge is 2.04. The van der Waals surface area contributed by atoms with Crippen LogP contribution in [0.25, 0.3) is 0 Å². The van der Waals surface area contributed by atoms with Crippen LogP contribution in [-0.4, -0.2) is 11.7 Å². The van der Waals surface area contributed by atoms with Crippen LogP contribution in [0.15, 0.2) is 60.8 Å². The number of rotatable bonds is 17. The van der Waals surface area contributed by atoms with E-state index in [1.54, 1.807) is 0 Å². The van der Waals surface area contributed by atoms with E-state index in [-0.39, 0.29) is 0 Å². The van der Waals surface area contributed by atoms with Gasteiger partial charge in [0.1, 0.15) is 0 Å². The van der Waals surface area contributed by atoms with E-state index in [0.717, 1.165) is 44.9 Å². The van der Waals surface area contributed by atoms with Crippen LogP contribution in [0, 0.1) is 5.92 Å². The first kappa shape index (κ1) is 24.7. The average molecular weight is 359 g/mol. The minimum Gasteiger partial charge on any atom is -0.396 e. The van der Waals surface area contributed by atoms with Crippen LogP contribution >= 0.6 is 0 Å². The summed E-state index contributed by atoms with van der Waals surface area (Å²) in [6.45, 7) is 4.71. The summed E-state index contributed by atoms with van der Waals surface area (Å²) in [5, 5.41) is 9.27. The van der Waals surface area contributed by atoms with E-state index in [2.05, 4.69) is 74.6 Å². The Bertz CT molecular complexity index is 412. The van der Waals surface area contributed by atoms with Crippen molar-refractivity contribution in [2.24, 2.45) is 5.92 Å². The maximum absolute atomic E-state index is 9.27. The molecule has 1 nitrogen and oxygen atoms in total. The molecule has 0 aromatic carbocycles. The Morgan fingerprint density at radius 3 is 1.58 bits per heavy atom. The summed E-state index contributed by atoms with van der Waals surface area (Å²) in [6, 6.07) is 0. The lowest BCUT2D eigenvalue weighted by molar-refractivity contribution is 0.207. The lowest BCUT2D eigenvalue weighted by Crippen LogP contribution is -2.05. The number of unbranched alkanes of at least 4 members (excludes halogenated alkanes) is 2. The molecule has 0 amide bonds. The maximum atomic E-state index is 9.27. The largest absolute Gasteiger partial charge is 0.396 e. The number of hydrogen-bond donors (Lipinski definition) is 1. The summed E-state index contributed by atoms with van der Waals surface area (Å²) in [5.41, 5.74) is 0. The molecular weight excluding hydrogens is 316 g/mol. The second-order valence-electron chi connectivity index (χ2n) is 6.83. The third-order valence-corrected chi connectivity index (χ3v) is 4.35. The summed E-state index contributed by atoms with van der Waals surface area (Å²) < 4.78 is 0. The molecule has 26 heavy (non-hydrogen) atoms. The van der Waals surface area contributed by atoms with Crippen molar-refractivity contribution in [3.05, 3.63) is 60.8 Å². The van der Waals surface area contributed by atoms with E-state index < -0.39 is 0 Å². The highest BCUT2D eigenvalue weighted by Crippen LogP contribution is 2.15. The Morgan fingerprint density at radius 1 is 0.615 bits per heavy atom. The van der Waals surface area contributed by atoms with Crippen molar-refractivity contribution in [3.8, 4) is 0 Å². The Labute approximate surface area is 163 Å². The van der Waals surface area contributed by atoms with Gasteiger partial charge in [-0.3, -0.25) is 0 Å². The molecule has 0 spiro atoms. The average Bonchev–Trinajstić information content (AvgIpc) is 2.66. The fraction of sp³-hybridized carbons (Fsp3) is 0.600. The van der Waals surface area contributed by atoms with Crippen molar-refractivity contribution >= 4 is 0 Å². The van der Waals surface area contributed by atoms with Crippen molar-refractivity contribution in [2.45, 2.75) is 84.5 Å². The van der Waals surface area contributed by atoms with Gasteiger partial charge in [0.15, 0.2) is 0 Å². The van der Waals surface area contributed by atoms with Gasteiger partial charge in [-0.15, -0.1) is 0 Å². The van der Waals surface area contributed by atoms with Gasteiger partial charge < -0.3 is 5.11 Å². The predicted molar refractivity (Wildman–Crippen MR) is 118 cm³/mol. The van der Waals surface area contributed by atoms with Gasteiger partial charge in [0.25, 0.3) is 0 Å². The number of hydrogen-bond acceptors (Lipinski definition) is 1. The van der Waals surface area contributed by atoms with E-state index in [4.69, 9.17) is 0 Å². The Kier molecular flexibility index (Phi) is 20.6. The zero-order chi connectivity index (χ0) is 19.1. The Balaban J connectivity index is 3.50. The fourth-order valence-electron chi connectivity index (χ4n) is 2.80. The fourth-order valence-corrected chi connectivity index (χ4v) is 2.80. The van der Waals surface area contributed by atoms with Crippen molar-refractivity contribution in [3.63, 3.8) is 0 Å². The van der Waals surface area contributed by atoms with E-state index >= 15 is 0 Å². The first-order valence-electron chi connectivity index (χ1n) is 10.7. The third kappa shape index (κ3) is 19.0. The van der Waals surface area contributed by atoms with Crippen LogP contribution in [-0.2, 0) is 0 Å². The molecule has 0 aromatic rings. The SMILES string of the molecule is CC/C=C\C/C=C\C/C=C\C/C=C\C/C=C\CCCCC(CO)CCC. The van der Waals surface area contributed by atoms with Gasteiger partial charge in [-0.25, -0.2) is 0 Å². The van der Waals surface area contributed by atoms with Crippen molar-refractivity contribution in [1.82, 2.24) is 0 Å². The number of aliphatic hydroxyl groups is 1. The highest BCUT2D eigenvalue weighted by atomic mass is 16.3. The molecule has 0 saturated carbocycles. The smallest absolute Gasteiger partial charge is 0.0459 e. The molecule has 0 aliphatic rings. The van der Waals surface area contributed by atoms with Gasteiger partial charge in [0.05, 0.1) is 0 Å². The number of allylic oxidation sites excluding steroid dienone is 10. The number of aliphatic hydroxyl groups excluding tert-OH is 1. The molecule has 1 unspecified atom stereocenters. The van der Waals surface area contributed by atoms with Crippen molar-refractivity contribution in [1.29, 1.82) is 0 Å². The van der Waals surface area contributed by atoms with E-state index in [1.165, 1.54) is 25.7 Å². The third-order valence-electron chi connectivity index (χ3n) is 4.35. The van der Waals surface area contributed by atoms with Crippen LogP contribution in [0.4, 0.5) is 0 Å². The second-order valence-corrected chi connectivity index (χ2v) is 6.83. The first-order valence-corrected chi connectivity index (χ1v) is 10.7. The molecule has 0 heterocycles. The van der Waals surface area contributed by atoms with Crippen LogP contribution in [0.1, 0.15) is 84.5 Å². The summed E-state index contributed by atoms with van der Waals surface area (Å²) in [5.74, 6) is 0.522. The van der Waals surface area contributed by atoms with Crippen molar-refractivity contribution in [2.75, 3.05) is 6.61 Å². The molecule has 0 fully saturated rings. The molecule has 0 radical (unpaired) electrons. The highest BCUT2D eigenvalue weighted by molar-refractivity contribution is 5.00. The molecular formula is C25H42O. The molecule has 1 heteroatoms. The van der Waals surface area contributed by atoms with Gasteiger partial charge in [-0.2, -0.15) is 0 Å². The normalized spacial score (nSPS) is 14.1. The van der Waals surface area contributed by atoms with Gasteiger partial charge in [0.2, 0.25) is 0 Å². The topological polar surface area (TPSA) is 20.2 Å². The van der Waals surface area contributed by atoms with Gasteiger partial charge in [-0.05, 0) is 63.7 Å². The molecule has 0 saturated heterocycles. The van der Waals surface area contributed by atoms with Gasteiger partial charge >= 0.3 is 0 Å². The molecule has 0 aliphatic carbocycles. The lowest BCUT2D eigenvalue weighted by atomic mass is 9.97. The molecule has 148 valence electrons. The monoisotopic (exact) mass is 358 g/mol. The van der Waals surface area contributed by atoms with E-state index in [9.17, 15) is 5.11 Å². The molecule has 0 rings (SSSR count). The summed E-state index contributed by atoms with van der Waals surface area (Å²) >= 11 is 0. The van der Waals surface area contributed by atoms with E-state index in [1.807, 2.05) is 0 Å². The Hall–Kier alpha value is -1.34. The second kappa shape index (κ2) is 21.7. The van der Waals surface area contributed by atoms with Crippen LogP contribution in [0.2, 0.25) is 0 Å². The zero-order valence-electron chi connectivity index (χ0n) is 17.3. The van der Waals surface area contributed by atoms with Gasteiger partial charge in [-0.1, -0.05) is 87.4 Å².